The van der Waals surface area contributed by atoms with Gasteiger partial charge in [0.25, 0.3) is 0 Å². The molecule has 0 aromatic rings. The summed E-state index contributed by atoms with van der Waals surface area (Å²) in [7, 11) is 0. The first kappa shape index (κ1) is 14.6. The van der Waals surface area contributed by atoms with Gasteiger partial charge in [-0.3, -0.25) is 4.79 Å². The van der Waals surface area contributed by atoms with Crippen molar-refractivity contribution in [2.75, 3.05) is 0 Å². The van der Waals surface area contributed by atoms with Crippen molar-refractivity contribution >= 4 is 5.78 Å². The van der Waals surface area contributed by atoms with Gasteiger partial charge in [-0.1, -0.05) is 20.8 Å². The molecule has 0 aliphatic heterocycles. The maximum Gasteiger partial charge on any atom is 0.179 e. The van der Waals surface area contributed by atoms with Gasteiger partial charge in [-0.05, 0) is 0 Å². The Hall–Kier alpha value is -2.37. The van der Waals surface area contributed by atoms with Gasteiger partial charge in [0, 0.05) is 11.8 Å². The molecule has 0 N–H and O–H groups in total. The van der Waals surface area contributed by atoms with Crippen LogP contribution in [0.25, 0.3) is 0 Å². The summed E-state index contributed by atoms with van der Waals surface area (Å²) in [4.78, 5) is 11.8. The third kappa shape index (κ3) is 3.04. The number of rotatable bonds is 3. The third-order valence-electron chi connectivity index (χ3n) is 2.43. The molecule has 5 nitrogen and oxygen atoms in total. The molecular weight excluding hydrogens is 216 g/mol. The van der Waals surface area contributed by atoms with Crippen LogP contribution in [0.1, 0.15) is 27.2 Å². The minimum atomic E-state index is -1.88. The van der Waals surface area contributed by atoms with E-state index in [4.69, 9.17) is 21.0 Å². The predicted molar refractivity (Wildman–Crippen MR) is 57.5 cm³/mol. The number of hydrogen-bond donors (Lipinski definition) is 0. The van der Waals surface area contributed by atoms with E-state index in [0.717, 1.165) is 0 Å². The van der Waals surface area contributed by atoms with Gasteiger partial charge in [0.05, 0.1) is 24.3 Å². The largest absolute Gasteiger partial charge is 0.299 e. The molecule has 5 heteroatoms. The highest BCUT2D eigenvalue weighted by Gasteiger charge is 2.44. The number of nitrogens with zero attached hydrogens (tertiary/aromatic N) is 4. The van der Waals surface area contributed by atoms with Crippen molar-refractivity contribution in [1.29, 1.82) is 21.0 Å². The van der Waals surface area contributed by atoms with Crippen molar-refractivity contribution in [1.82, 2.24) is 0 Å². The van der Waals surface area contributed by atoms with E-state index in [0.29, 0.717) is 0 Å². The molecule has 0 saturated carbocycles. The zero-order chi connectivity index (χ0) is 13.7. The Bertz CT molecular complexity index is 445. The molecule has 0 saturated heterocycles. The molecule has 0 aromatic heterocycles. The molecule has 0 spiro atoms. The zero-order valence-electron chi connectivity index (χ0n) is 9.98. The Kier molecular flexibility index (Phi) is 4.40. The van der Waals surface area contributed by atoms with E-state index in [-0.39, 0.29) is 5.78 Å². The summed E-state index contributed by atoms with van der Waals surface area (Å²) < 4.78 is 0. The third-order valence-corrected chi connectivity index (χ3v) is 2.43. The van der Waals surface area contributed by atoms with Crippen LogP contribution in [0.3, 0.4) is 0 Å². The van der Waals surface area contributed by atoms with Gasteiger partial charge in [0.2, 0.25) is 0 Å². The van der Waals surface area contributed by atoms with E-state index in [1.165, 1.54) is 0 Å². The van der Waals surface area contributed by atoms with Crippen LogP contribution in [0.4, 0.5) is 0 Å². The first-order chi connectivity index (χ1) is 7.77. The molecule has 0 aliphatic carbocycles. The second-order valence-electron chi connectivity index (χ2n) is 4.74. The molecule has 0 bridgehead atoms. The second kappa shape index (κ2) is 5.11. The fourth-order valence-corrected chi connectivity index (χ4v) is 1.10. The number of carbonyl (C=O) groups is 1. The summed E-state index contributed by atoms with van der Waals surface area (Å²) >= 11 is 0. The van der Waals surface area contributed by atoms with Crippen molar-refractivity contribution < 1.29 is 4.79 Å². The lowest BCUT2D eigenvalue weighted by Gasteiger charge is -2.23. The van der Waals surface area contributed by atoms with E-state index in [9.17, 15) is 4.79 Å². The summed E-state index contributed by atoms with van der Waals surface area (Å²) in [5.41, 5.74) is -2.59. The van der Waals surface area contributed by atoms with Crippen molar-refractivity contribution in [3.05, 3.63) is 0 Å². The highest BCUT2D eigenvalue weighted by atomic mass is 16.1. The molecular formula is C12H12N4O. The lowest BCUT2D eigenvalue weighted by Crippen LogP contribution is -2.33. The lowest BCUT2D eigenvalue weighted by molar-refractivity contribution is -0.127. The Morgan fingerprint density at radius 1 is 1.06 bits per heavy atom. The Morgan fingerprint density at radius 3 is 1.71 bits per heavy atom. The number of carbonyl (C=O) groups excluding carboxylic acids is 1. The van der Waals surface area contributed by atoms with Gasteiger partial charge in [-0.25, -0.2) is 0 Å². The lowest BCUT2D eigenvalue weighted by atomic mass is 9.72. The quantitative estimate of drug-likeness (QED) is 0.729. The standard InChI is InChI=1S/C12H12N4O/c1-11(2,3)10(17)4-12(7-15,8-16)9(5-13)6-14/h9H,4H2,1-3H3. The zero-order valence-corrected chi connectivity index (χ0v) is 9.98. The van der Waals surface area contributed by atoms with Gasteiger partial charge < -0.3 is 0 Å². The topological polar surface area (TPSA) is 112 Å². The van der Waals surface area contributed by atoms with Crippen molar-refractivity contribution in [3.63, 3.8) is 0 Å². The van der Waals surface area contributed by atoms with Crippen LogP contribution in [0.5, 0.6) is 0 Å². The minimum absolute atomic E-state index is 0.323. The Balaban J connectivity index is 5.40. The summed E-state index contributed by atoms with van der Waals surface area (Å²) in [5.74, 6) is -1.75. The number of hydrogen-bond acceptors (Lipinski definition) is 5. The molecule has 0 rings (SSSR count). The van der Waals surface area contributed by atoms with Crippen LogP contribution >= 0.6 is 0 Å². The summed E-state index contributed by atoms with van der Waals surface area (Å²) in [6, 6.07) is 6.47. The van der Waals surface area contributed by atoms with E-state index in [1.807, 2.05) is 0 Å². The summed E-state index contributed by atoms with van der Waals surface area (Å²) in [6.07, 6.45) is -0.407. The summed E-state index contributed by atoms with van der Waals surface area (Å²) in [6.45, 7) is 4.97. The monoisotopic (exact) mass is 228 g/mol. The molecule has 0 aromatic carbocycles. The van der Waals surface area contributed by atoms with Gasteiger partial charge in [0.15, 0.2) is 11.3 Å². The molecule has 0 aliphatic rings. The number of ketones is 1. The van der Waals surface area contributed by atoms with Crippen LogP contribution in [0.15, 0.2) is 0 Å². The molecule has 0 radical (unpaired) electrons. The number of Topliss-reactive ketones (excluding diaryl/α,β-unsaturated/α-hetero) is 1. The molecule has 0 amide bonds. The molecule has 0 fully saturated rings. The average molecular weight is 228 g/mol. The Labute approximate surface area is 100 Å². The van der Waals surface area contributed by atoms with Crippen LogP contribution in [-0.4, -0.2) is 5.78 Å². The molecule has 17 heavy (non-hydrogen) atoms. The smallest absolute Gasteiger partial charge is 0.179 e. The molecule has 0 atom stereocenters. The van der Waals surface area contributed by atoms with E-state index in [2.05, 4.69) is 0 Å². The van der Waals surface area contributed by atoms with Crippen LogP contribution < -0.4 is 0 Å². The highest BCUT2D eigenvalue weighted by molar-refractivity contribution is 5.85. The first-order valence-electron chi connectivity index (χ1n) is 4.92. The first-order valence-corrected chi connectivity index (χ1v) is 4.92. The van der Waals surface area contributed by atoms with Gasteiger partial charge in [-0.15, -0.1) is 0 Å². The Morgan fingerprint density at radius 2 is 1.47 bits per heavy atom. The molecule has 86 valence electrons. The maximum absolute atomic E-state index is 11.8. The predicted octanol–water partition coefficient (Wildman–Crippen LogP) is 1.69. The van der Waals surface area contributed by atoms with Crippen molar-refractivity contribution in [2.45, 2.75) is 27.2 Å². The molecule has 0 heterocycles. The van der Waals surface area contributed by atoms with Gasteiger partial charge in [0.1, 0.15) is 5.78 Å². The molecule has 0 unspecified atom stereocenters. The number of nitriles is 4. The van der Waals surface area contributed by atoms with Crippen molar-refractivity contribution in [3.8, 4) is 24.3 Å². The van der Waals surface area contributed by atoms with Gasteiger partial charge >= 0.3 is 0 Å². The van der Waals surface area contributed by atoms with Crippen LogP contribution in [0, 0.1) is 62.1 Å². The second-order valence-corrected chi connectivity index (χ2v) is 4.74. The minimum Gasteiger partial charge on any atom is -0.299 e. The summed E-state index contributed by atoms with van der Waals surface area (Å²) in [5, 5.41) is 35.5. The van der Waals surface area contributed by atoms with E-state index >= 15 is 0 Å². The van der Waals surface area contributed by atoms with Crippen LogP contribution in [0.2, 0.25) is 0 Å². The maximum atomic E-state index is 11.8. The highest BCUT2D eigenvalue weighted by Crippen LogP contribution is 2.33. The normalized spacial score (nSPS) is 10.8. The van der Waals surface area contributed by atoms with E-state index in [1.54, 1.807) is 45.0 Å². The van der Waals surface area contributed by atoms with Crippen LogP contribution in [-0.2, 0) is 4.79 Å². The van der Waals surface area contributed by atoms with Gasteiger partial charge in [-0.2, -0.15) is 21.0 Å². The fraction of sp³-hybridized carbons (Fsp3) is 0.583. The van der Waals surface area contributed by atoms with Crippen molar-refractivity contribution in [2.24, 2.45) is 16.7 Å². The average Bonchev–Trinajstić information content (AvgIpc) is 2.27. The fourth-order valence-electron chi connectivity index (χ4n) is 1.10. The van der Waals surface area contributed by atoms with E-state index < -0.39 is 23.2 Å². The SMILES string of the molecule is CC(C)(C)C(=O)CC(C#N)(C#N)C(C#N)C#N.